The average molecular weight is 505 g/mol. The van der Waals surface area contributed by atoms with Crippen LogP contribution in [0.15, 0.2) is 52.0 Å². The molecule has 0 aliphatic carbocycles. The number of ether oxygens (including phenoxy) is 2. The Labute approximate surface area is 194 Å². The van der Waals surface area contributed by atoms with E-state index in [4.69, 9.17) is 9.47 Å². The van der Waals surface area contributed by atoms with Crippen LogP contribution in [0.4, 0.5) is 5.69 Å². The van der Waals surface area contributed by atoms with Crippen molar-refractivity contribution in [2.45, 2.75) is 26.3 Å². The molecule has 0 fully saturated rings. The molecule has 2 aromatic rings. The van der Waals surface area contributed by atoms with Crippen molar-refractivity contribution in [1.82, 2.24) is 10.7 Å². The summed E-state index contributed by atoms with van der Waals surface area (Å²) in [7, 11) is 1.56. The Morgan fingerprint density at radius 2 is 1.84 bits per heavy atom. The molecule has 0 aliphatic heterocycles. The second-order valence-electron chi connectivity index (χ2n) is 6.73. The van der Waals surface area contributed by atoms with Crippen molar-refractivity contribution in [3.63, 3.8) is 0 Å². The molecule has 0 aliphatic rings. The number of hydrogen-bond acceptors (Lipinski definition) is 6. The largest absolute Gasteiger partial charge is 0.497 e. The van der Waals surface area contributed by atoms with Gasteiger partial charge < -0.3 is 20.1 Å². The molecule has 0 saturated heterocycles. The van der Waals surface area contributed by atoms with Gasteiger partial charge in [-0.05, 0) is 55.8 Å². The molecule has 0 bridgehead atoms. The molecule has 2 aromatic carbocycles. The number of benzene rings is 2. The lowest BCUT2D eigenvalue weighted by atomic mass is 10.2. The summed E-state index contributed by atoms with van der Waals surface area (Å²) in [5.74, 6) is -0.936. The Hall–Kier alpha value is -3.40. The van der Waals surface area contributed by atoms with Gasteiger partial charge in [0.25, 0.3) is 5.91 Å². The van der Waals surface area contributed by atoms with E-state index in [1.165, 1.54) is 6.21 Å². The maximum atomic E-state index is 12.2. The molecule has 10 heteroatoms. The van der Waals surface area contributed by atoms with Crippen molar-refractivity contribution in [2.24, 2.45) is 5.10 Å². The highest BCUT2D eigenvalue weighted by Crippen LogP contribution is 2.22. The van der Waals surface area contributed by atoms with Gasteiger partial charge in [0.15, 0.2) is 6.61 Å². The standard InChI is InChI=1S/C22H25BrN4O5/c1-4-14(2)25-21(29)22(30)27-24-12-15-11-16(23)5-10-19(15)32-13-20(28)26-17-6-8-18(31-3)9-7-17/h5-12,14H,4,13H2,1-3H3,(H,25,29)(H,26,28)(H,27,30)/b24-12-/t14-/m1/s1. The molecule has 0 spiro atoms. The third-order valence-electron chi connectivity index (χ3n) is 4.27. The second-order valence-corrected chi connectivity index (χ2v) is 7.65. The third kappa shape index (κ3) is 8.03. The lowest BCUT2D eigenvalue weighted by Gasteiger charge is -2.11. The summed E-state index contributed by atoms with van der Waals surface area (Å²) in [6.45, 7) is 3.45. The number of hydrogen-bond donors (Lipinski definition) is 3. The molecule has 0 unspecified atom stereocenters. The zero-order valence-corrected chi connectivity index (χ0v) is 19.6. The van der Waals surface area contributed by atoms with E-state index in [0.717, 1.165) is 4.47 Å². The first-order valence-corrected chi connectivity index (χ1v) is 10.6. The van der Waals surface area contributed by atoms with E-state index in [-0.39, 0.29) is 18.6 Å². The van der Waals surface area contributed by atoms with Crippen molar-refractivity contribution < 1.29 is 23.9 Å². The second kappa shape index (κ2) is 12.5. The molecular weight excluding hydrogens is 480 g/mol. The van der Waals surface area contributed by atoms with E-state index in [2.05, 4.69) is 37.1 Å². The van der Waals surface area contributed by atoms with Crippen molar-refractivity contribution >= 4 is 45.6 Å². The van der Waals surface area contributed by atoms with Crippen LogP contribution < -0.4 is 25.5 Å². The summed E-state index contributed by atoms with van der Waals surface area (Å²) in [5.41, 5.74) is 3.28. The number of anilines is 1. The predicted octanol–water partition coefficient (Wildman–Crippen LogP) is 2.84. The van der Waals surface area contributed by atoms with Crippen LogP contribution in [0.25, 0.3) is 0 Å². The number of nitrogens with one attached hydrogen (secondary N) is 3. The van der Waals surface area contributed by atoms with Crippen molar-refractivity contribution in [1.29, 1.82) is 0 Å². The van der Waals surface area contributed by atoms with Crippen molar-refractivity contribution in [3.8, 4) is 11.5 Å². The van der Waals surface area contributed by atoms with Gasteiger partial charge in [-0.1, -0.05) is 22.9 Å². The van der Waals surface area contributed by atoms with E-state index in [0.29, 0.717) is 29.2 Å². The number of methoxy groups -OCH3 is 1. The van der Waals surface area contributed by atoms with E-state index in [9.17, 15) is 14.4 Å². The number of rotatable bonds is 9. The zero-order valence-electron chi connectivity index (χ0n) is 18.0. The van der Waals surface area contributed by atoms with Crippen LogP contribution in [0, 0.1) is 0 Å². The van der Waals surface area contributed by atoms with Gasteiger partial charge in [0.1, 0.15) is 11.5 Å². The number of carbonyl (C=O) groups is 3. The van der Waals surface area contributed by atoms with Gasteiger partial charge in [0, 0.05) is 21.8 Å². The molecular formula is C22H25BrN4O5. The van der Waals surface area contributed by atoms with Gasteiger partial charge in [0.05, 0.1) is 13.3 Å². The van der Waals surface area contributed by atoms with Crippen LogP contribution in [0.1, 0.15) is 25.8 Å². The maximum absolute atomic E-state index is 12.2. The van der Waals surface area contributed by atoms with Crippen LogP contribution in [0.2, 0.25) is 0 Å². The third-order valence-corrected chi connectivity index (χ3v) is 4.76. The summed E-state index contributed by atoms with van der Waals surface area (Å²) in [4.78, 5) is 35.8. The Kier molecular flexibility index (Phi) is 9.68. The summed E-state index contributed by atoms with van der Waals surface area (Å²) in [6.07, 6.45) is 2.03. The number of halogens is 1. The smallest absolute Gasteiger partial charge is 0.329 e. The predicted molar refractivity (Wildman–Crippen MR) is 125 cm³/mol. The minimum absolute atomic E-state index is 0.119. The minimum Gasteiger partial charge on any atom is -0.497 e. The average Bonchev–Trinajstić information content (AvgIpc) is 2.78. The Balaban J connectivity index is 1.95. The maximum Gasteiger partial charge on any atom is 0.329 e. The first kappa shape index (κ1) is 24.9. The van der Waals surface area contributed by atoms with Gasteiger partial charge in [-0.2, -0.15) is 5.10 Å². The summed E-state index contributed by atoms with van der Waals surface area (Å²) >= 11 is 3.35. The van der Waals surface area contributed by atoms with Crippen LogP contribution in [-0.2, 0) is 14.4 Å². The van der Waals surface area contributed by atoms with Crippen LogP contribution >= 0.6 is 15.9 Å². The number of carbonyl (C=O) groups excluding carboxylic acids is 3. The number of nitrogens with zero attached hydrogens (tertiary/aromatic N) is 1. The monoisotopic (exact) mass is 504 g/mol. The van der Waals surface area contributed by atoms with E-state index < -0.39 is 11.8 Å². The van der Waals surface area contributed by atoms with Gasteiger partial charge in [-0.15, -0.1) is 0 Å². The number of amides is 3. The lowest BCUT2D eigenvalue weighted by Crippen LogP contribution is -2.41. The molecule has 2 rings (SSSR count). The fraction of sp³-hybridized carbons (Fsp3) is 0.273. The quantitative estimate of drug-likeness (QED) is 0.275. The zero-order chi connectivity index (χ0) is 23.5. The summed E-state index contributed by atoms with van der Waals surface area (Å²) in [6, 6.07) is 11.9. The fourth-order valence-electron chi connectivity index (χ4n) is 2.37. The molecule has 3 amide bonds. The summed E-state index contributed by atoms with van der Waals surface area (Å²) < 4.78 is 11.4. The first-order valence-electron chi connectivity index (χ1n) is 9.82. The molecule has 9 nitrogen and oxygen atoms in total. The molecule has 0 saturated carbocycles. The van der Waals surface area contributed by atoms with Crippen molar-refractivity contribution in [2.75, 3.05) is 19.0 Å². The molecule has 0 aromatic heterocycles. The normalized spacial score (nSPS) is 11.5. The van der Waals surface area contributed by atoms with Gasteiger partial charge in [0.2, 0.25) is 0 Å². The topological polar surface area (TPSA) is 118 Å². The SMILES string of the molecule is CC[C@@H](C)NC(=O)C(=O)N/N=C\c1cc(Br)ccc1OCC(=O)Nc1ccc(OC)cc1. The number of hydrazone groups is 1. The first-order chi connectivity index (χ1) is 15.3. The molecule has 0 heterocycles. The van der Waals surface area contributed by atoms with Gasteiger partial charge in [-0.3, -0.25) is 14.4 Å². The fourth-order valence-corrected chi connectivity index (χ4v) is 2.75. The highest BCUT2D eigenvalue weighted by atomic mass is 79.9. The van der Waals surface area contributed by atoms with Crippen molar-refractivity contribution in [3.05, 3.63) is 52.5 Å². The Bertz CT molecular complexity index is 979. The van der Waals surface area contributed by atoms with Gasteiger partial charge in [-0.25, -0.2) is 5.43 Å². The minimum atomic E-state index is -0.877. The van der Waals surface area contributed by atoms with E-state index in [1.807, 2.05) is 6.92 Å². The van der Waals surface area contributed by atoms with Crippen LogP contribution in [0.3, 0.4) is 0 Å². The van der Waals surface area contributed by atoms with Crippen LogP contribution in [0.5, 0.6) is 11.5 Å². The Morgan fingerprint density at radius 1 is 1.12 bits per heavy atom. The van der Waals surface area contributed by atoms with E-state index in [1.54, 1.807) is 56.5 Å². The Morgan fingerprint density at radius 3 is 2.50 bits per heavy atom. The van der Waals surface area contributed by atoms with Gasteiger partial charge >= 0.3 is 11.8 Å². The van der Waals surface area contributed by atoms with Crippen LogP contribution in [-0.4, -0.2) is 43.7 Å². The van der Waals surface area contributed by atoms with E-state index >= 15 is 0 Å². The lowest BCUT2D eigenvalue weighted by molar-refractivity contribution is -0.139. The molecule has 3 N–H and O–H groups in total. The molecule has 32 heavy (non-hydrogen) atoms. The highest BCUT2D eigenvalue weighted by molar-refractivity contribution is 9.10. The molecule has 0 radical (unpaired) electrons. The summed E-state index contributed by atoms with van der Waals surface area (Å²) in [5, 5.41) is 9.08. The molecule has 1 atom stereocenters. The molecule has 170 valence electrons. The highest BCUT2D eigenvalue weighted by Gasteiger charge is 2.14.